The molecule has 714 valence electrons. The number of piperidine rings is 2. The van der Waals surface area contributed by atoms with Gasteiger partial charge in [-0.25, -0.2) is 38.1 Å². The van der Waals surface area contributed by atoms with E-state index in [-0.39, 0.29) is 83.4 Å². The molecule has 10 aromatic heterocycles. The molecule has 5 saturated heterocycles. The molecular formula is C106H103ClF3N15O14. The summed E-state index contributed by atoms with van der Waals surface area (Å²) in [6.07, 6.45) is 34.1. The van der Waals surface area contributed by atoms with Gasteiger partial charge in [-0.2, -0.15) is 0 Å². The molecule has 29 nitrogen and oxygen atoms in total. The summed E-state index contributed by atoms with van der Waals surface area (Å²) in [6, 6.07) is 39.6. The number of carbonyl (C=O) groups is 5. The fourth-order valence-corrected chi connectivity index (χ4v) is 17.4. The highest BCUT2D eigenvalue weighted by Gasteiger charge is 2.48. The SMILES string of the molecule is C=CC(=O)N1CC(COc2cc(-c3cc(F)c(O)cc3CC)cn3cncc23)C1.C=CC(=O)N1CC(COc2cc(-c3ccc(O)c(Cl)c3)cn3cncc23)C1.C=CC(=O)N1CC(COc2cc(-c3ccc(O)cc3)cn3cncc23)C1.C=CC(=O)N1CCC(Oc2cc(-c3ccc(O)cc3)cn3cncc23)C(F)(F)C1.C=CC(=O)N1CC[C@@H](Oc2cc(-c3ccc(C)cc3)cn3cncc23)C[C@H]1C. The van der Waals surface area contributed by atoms with Crippen LogP contribution in [0.15, 0.2) is 290 Å². The number of benzene rings is 5. The number of aromatic nitrogens is 10. The maximum absolute atomic E-state index is 14.7. The van der Waals surface area contributed by atoms with Gasteiger partial charge in [0, 0.05) is 154 Å². The van der Waals surface area contributed by atoms with Gasteiger partial charge in [0.1, 0.15) is 79.7 Å². The van der Waals surface area contributed by atoms with Crippen LogP contribution in [0.1, 0.15) is 44.2 Å². The van der Waals surface area contributed by atoms with Crippen molar-refractivity contribution in [3.63, 3.8) is 0 Å². The molecule has 0 radical (unpaired) electrons. The van der Waals surface area contributed by atoms with Gasteiger partial charge in [-0.1, -0.05) is 112 Å². The Hall–Kier alpha value is -16.1. The monoisotopic (exact) mass is 1900 g/mol. The Kier molecular flexibility index (Phi) is 29.3. The summed E-state index contributed by atoms with van der Waals surface area (Å²) in [4.78, 5) is 87.4. The lowest BCUT2D eigenvalue weighted by Crippen LogP contribution is -2.55. The standard InChI is InChI=1S/C23H25N3O2.C22H22FN3O3.C21H19F2N3O3.C20H18ClN3O3.C20H19N3O3/c1-4-23(27)26-10-9-20(11-17(26)3)28-22-12-19(14-25-15-24-13-21(22)25)18-7-5-16(2)6-8-18;1-3-15-5-20(27)18(23)7-17(15)16-6-21(19-8-24-13-26(19)11-16)29-12-14-9-25(10-14)22(28)4-2;1-2-20(28)25-8-7-19(21(22,23)12-25)29-18-9-15(11-26-13-24-10-17(18)26)14-3-5-16(27)6-4-14;1-2-20(26)23-8-13(9-23)11-27-19-6-15(10-24-12-22-7-17(19)24)14-3-4-18(25)16(21)5-14;1-2-20(25)22-9-14(10-22)12-26-19-7-16(11-23-13-21-8-18(19)23)15-3-5-17(24)6-4-15/h4-8,12-15,17,20H,1,9-11H2,2-3H3;4-8,11,13-14,27H,2-3,9-10,12H2,1H3;2-6,9-11,13,19,27H,1,7-8,12H2;2-7,10,12-13,25H,1,8-9,11H2;2-8,11,13-14,24H,1,9-10,12H2/t17-,20-;;;;/m1..../s1. The van der Waals surface area contributed by atoms with Crippen LogP contribution in [0.4, 0.5) is 13.2 Å². The molecule has 5 fully saturated rings. The highest BCUT2D eigenvalue weighted by molar-refractivity contribution is 6.32. The zero-order valence-electron chi connectivity index (χ0n) is 76.7. The predicted molar refractivity (Wildman–Crippen MR) is 522 cm³/mol. The number of likely N-dealkylation sites (tertiary alicyclic amines) is 5. The number of ether oxygens (including phenoxy) is 5. The van der Waals surface area contributed by atoms with Gasteiger partial charge in [0.2, 0.25) is 29.5 Å². The molecule has 5 aliphatic heterocycles. The first-order valence-electron chi connectivity index (χ1n) is 45.2. The van der Waals surface area contributed by atoms with E-state index in [2.05, 4.69) is 108 Å². The quantitative estimate of drug-likeness (QED) is 0.0408. The first kappa shape index (κ1) is 96.0. The molecule has 4 N–H and O–H groups in total. The fourth-order valence-electron chi connectivity index (χ4n) is 17.2. The van der Waals surface area contributed by atoms with Crippen molar-refractivity contribution in [2.75, 3.05) is 78.7 Å². The van der Waals surface area contributed by atoms with Crippen LogP contribution in [0.25, 0.3) is 83.2 Å². The van der Waals surface area contributed by atoms with E-state index in [1.807, 2.05) is 90.7 Å². The van der Waals surface area contributed by atoms with Gasteiger partial charge in [-0.15, -0.1) is 0 Å². The number of halogens is 4. The van der Waals surface area contributed by atoms with Crippen molar-refractivity contribution in [1.29, 1.82) is 0 Å². The number of nitrogens with zero attached hydrogens (tertiary/aromatic N) is 15. The number of pyridine rings is 5. The Morgan fingerprint density at radius 1 is 0.439 bits per heavy atom. The summed E-state index contributed by atoms with van der Waals surface area (Å²) in [6.45, 7) is 29.2. The number of imidazole rings is 5. The zero-order chi connectivity index (χ0) is 97.9. The molecular weight excluding hydrogens is 1800 g/mol. The molecule has 15 heterocycles. The van der Waals surface area contributed by atoms with Crippen LogP contribution in [-0.4, -0.2) is 224 Å². The summed E-state index contributed by atoms with van der Waals surface area (Å²) < 4.78 is 83.1. The van der Waals surface area contributed by atoms with Gasteiger partial charge in [-0.3, -0.25) is 24.0 Å². The minimum Gasteiger partial charge on any atom is -0.508 e. The third-order valence-electron chi connectivity index (χ3n) is 25.0. The lowest BCUT2D eigenvalue weighted by atomic mass is 9.98. The first-order valence-corrected chi connectivity index (χ1v) is 45.6. The van der Waals surface area contributed by atoms with Gasteiger partial charge >= 0.3 is 5.92 Å². The van der Waals surface area contributed by atoms with E-state index >= 15 is 0 Å². The molecule has 0 aliphatic carbocycles. The molecule has 33 heteroatoms. The number of phenols is 4. The molecule has 15 aromatic rings. The third kappa shape index (κ3) is 22.2. The van der Waals surface area contributed by atoms with E-state index in [1.165, 1.54) is 42.0 Å². The molecule has 139 heavy (non-hydrogen) atoms. The van der Waals surface area contributed by atoms with E-state index in [0.717, 1.165) is 113 Å². The maximum Gasteiger partial charge on any atom is 0.301 e. The second kappa shape index (κ2) is 42.4. The van der Waals surface area contributed by atoms with Gasteiger partial charge in [-0.05, 0) is 163 Å². The normalized spacial score (nSPS) is 16.2. The summed E-state index contributed by atoms with van der Waals surface area (Å²) in [5, 5.41) is 38.6. The van der Waals surface area contributed by atoms with E-state index in [1.54, 1.807) is 136 Å². The number of aryl methyl sites for hydroxylation is 2. The summed E-state index contributed by atoms with van der Waals surface area (Å²) in [7, 11) is 0. The van der Waals surface area contributed by atoms with Gasteiger partial charge in [0.25, 0.3) is 0 Å². The maximum atomic E-state index is 14.7. The molecule has 3 atom stereocenters. The van der Waals surface area contributed by atoms with E-state index in [9.17, 15) is 57.6 Å². The Morgan fingerprint density at radius 2 is 0.806 bits per heavy atom. The second-order valence-electron chi connectivity index (χ2n) is 34.7. The molecule has 5 aliphatic rings. The van der Waals surface area contributed by atoms with Gasteiger partial charge in [0.15, 0.2) is 17.7 Å². The van der Waals surface area contributed by atoms with Crippen LogP contribution in [0.3, 0.4) is 0 Å². The molecule has 0 bridgehead atoms. The molecule has 1 unspecified atom stereocenters. The number of amides is 5. The number of hydrogen-bond acceptors (Lipinski definition) is 19. The van der Waals surface area contributed by atoms with Crippen molar-refractivity contribution < 1.29 is 81.3 Å². The van der Waals surface area contributed by atoms with E-state index < -0.39 is 30.3 Å². The van der Waals surface area contributed by atoms with Crippen molar-refractivity contribution in [1.82, 2.24) is 71.4 Å². The van der Waals surface area contributed by atoms with Crippen molar-refractivity contribution in [2.45, 2.75) is 70.6 Å². The smallest absolute Gasteiger partial charge is 0.301 e. The topological polar surface area (TPSA) is 315 Å². The minimum atomic E-state index is -3.21. The van der Waals surface area contributed by atoms with Crippen LogP contribution in [0.5, 0.6) is 51.7 Å². The fraction of sp³-hybridized carbons (Fsp3) is 0.245. The summed E-state index contributed by atoms with van der Waals surface area (Å²) >= 11 is 6.04. The van der Waals surface area contributed by atoms with Crippen molar-refractivity contribution in [3.8, 4) is 107 Å². The van der Waals surface area contributed by atoms with Crippen molar-refractivity contribution in [3.05, 3.63) is 312 Å². The zero-order valence-corrected chi connectivity index (χ0v) is 77.4. The van der Waals surface area contributed by atoms with Crippen LogP contribution in [0, 0.1) is 30.5 Å². The molecule has 0 saturated carbocycles. The number of rotatable bonds is 24. The Labute approximate surface area is 803 Å². The molecule has 20 rings (SSSR count). The number of hydrogen-bond donors (Lipinski definition) is 4. The first-order chi connectivity index (χ1) is 67.1. The number of aromatic hydroxyl groups is 4. The Morgan fingerprint density at radius 3 is 1.20 bits per heavy atom. The van der Waals surface area contributed by atoms with Gasteiger partial charge in [0.05, 0.1) is 94.0 Å². The average Bonchev–Trinajstić information content (AvgIpc) is 1.78. The van der Waals surface area contributed by atoms with Crippen LogP contribution < -0.4 is 23.7 Å². The van der Waals surface area contributed by atoms with Gasteiger partial charge < -0.3 is 90.6 Å². The summed E-state index contributed by atoms with van der Waals surface area (Å²) in [5.74, 6) is -0.398. The van der Waals surface area contributed by atoms with Crippen LogP contribution in [-0.2, 0) is 30.4 Å². The molecule has 5 aromatic carbocycles. The highest BCUT2D eigenvalue weighted by Crippen LogP contribution is 2.41. The largest absolute Gasteiger partial charge is 0.508 e. The second-order valence-corrected chi connectivity index (χ2v) is 35.1. The number of phenolic OH excluding ortho intramolecular Hbond substituents is 4. The van der Waals surface area contributed by atoms with Crippen molar-refractivity contribution in [2.24, 2.45) is 17.8 Å². The average molecular weight is 1900 g/mol. The van der Waals surface area contributed by atoms with Crippen LogP contribution >= 0.6 is 11.6 Å². The predicted octanol–water partition coefficient (Wildman–Crippen LogP) is 17.3. The lowest BCUT2D eigenvalue weighted by Gasteiger charge is -2.38. The van der Waals surface area contributed by atoms with Crippen LogP contribution in [0.2, 0.25) is 5.02 Å². The van der Waals surface area contributed by atoms with E-state index in [4.69, 9.17) is 35.3 Å². The Balaban J connectivity index is 0.000000126. The molecule has 0 spiro atoms. The van der Waals surface area contributed by atoms with E-state index in [0.29, 0.717) is 111 Å². The molecule has 5 amide bonds. The highest BCUT2D eigenvalue weighted by atomic mass is 35.5. The Bertz CT molecular complexity index is 7080. The minimum absolute atomic E-state index is 0.00366. The third-order valence-corrected chi connectivity index (χ3v) is 25.3. The number of carbonyl (C=O) groups excluding carboxylic acids is 5. The summed E-state index contributed by atoms with van der Waals surface area (Å²) in [5.41, 5.74) is 15.1. The number of alkyl halides is 2. The number of fused-ring (bicyclic) bond motifs is 5. The van der Waals surface area contributed by atoms with Crippen molar-refractivity contribution >= 4 is 68.7 Å². The lowest BCUT2D eigenvalue weighted by molar-refractivity contribution is -0.156.